The number of benzene rings is 1. The number of aromatic carboxylic acids is 1. The van der Waals surface area contributed by atoms with Crippen LogP contribution in [0.2, 0.25) is 0 Å². The van der Waals surface area contributed by atoms with E-state index in [-0.39, 0.29) is 6.42 Å². The van der Waals surface area contributed by atoms with Gasteiger partial charge in [-0.15, -0.1) is 0 Å². The topological polar surface area (TPSA) is 89.6 Å². The summed E-state index contributed by atoms with van der Waals surface area (Å²) in [5.41, 5.74) is 4.42. The molecule has 3 N–H and O–H groups in total. The van der Waals surface area contributed by atoms with Crippen LogP contribution in [0.4, 0.5) is 8.78 Å². The average Bonchev–Trinajstić information content (AvgIpc) is 2.27. The zero-order chi connectivity index (χ0) is 13.9. The first kappa shape index (κ1) is 13.9. The zero-order valence-electron chi connectivity index (χ0n) is 9.44. The normalized spacial score (nSPS) is 11.9. The summed E-state index contributed by atoms with van der Waals surface area (Å²) in [7, 11) is 0. The molecule has 7 heteroatoms. The largest absolute Gasteiger partial charge is 0.478 e. The van der Waals surface area contributed by atoms with Gasteiger partial charge in [-0.3, -0.25) is 4.79 Å². The second kappa shape index (κ2) is 5.44. The van der Waals surface area contributed by atoms with E-state index in [1.807, 2.05) is 0 Å². The van der Waals surface area contributed by atoms with Gasteiger partial charge >= 0.3 is 5.97 Å². The Morgan fingerprint density at radius 2 is 1.89 bits per heavy atom. The van der Waals surface area contributed by atoms with Crippen LogP contribution >= 0.6 is 0 Å². The Morgan fingerprint density at radius 3 is 2.22 bits per heavy atom. The van der Waals surface area contributed by atoms with Crippen LogP contribution in [0.3, 0.4) is 0 Å². The summed E-state index contributed by atoms with van der Waals surface area (Å²) in [5, 5.41) is 8.59. The van der Waals surface area contributed by atoms with Crippen LogP contribution in [0.1, 0.15) is 23.7 Å². The first-order valence-electron chi connectivity index (χ1n) is 5.05. The van der Waals surface area contributed by atoms with Gasteiger partial charge in [0.1, 0.15) is 0 Å². The van der Waals surface area contributed by atoms with E-state index in [9.17, 15) is 18.4 Å². The first-order valence-corrected chi connectivity index (χ1v) is 5.05. The van der Waals surface area contributed by atoms with Crippen LogP contribution in [0.5, 0.6) is 5.75 Å². The molecule has 1 atom stereocenters. The van der Waals surface area contributed by atoms with Gasteiger partial charge < -0.3 is 15.6 Å². The van der Waals surface area contributed by atoms with E-state index in [0.29, 0.717) is 12.1 Å². The van der Waals surface area contributed by atoms with Gasteiger partial charge in [-0.2, -0.15) is 0 Å². The standard InChI is InChI=1S/C11H11F2NO4/c1-2-8(10(14)15)18-9-6(12)3-5(11(16)17)4-7(9)13/h3-4,8H,2H2,1H3,(H2,14,15)(H,16,17). The maximum Gasteiger partial charge on any atom is 0.335 e. The third kappa shape index (κ3) is 2.93. The van der Waals surface area contributed by atoms with Crippen LogP contribution in [0, 0.1) is 11.6 Å². The molecule has 1 aromatic carbocycles. The Kier molecular flexibility index (Phi) is 4.19. The number of amides is 1. The Morgan fingerprint density at radius 1 is 1.39 bits per heavy atom. The molecule has 0 saturated heterocycles. The lowest BCUT2D eigenvalue weighted by Crippen LogP contribution is -2.33. The summed E-state index contributed by atoms with van der Waals surface area (Å²) in [6.07, 6.45) is -1.04. The lowest BCUT2D eigenvalue weighted by Gasteiger charge is -2.15. The van der Waals surface area contributed by atoms with Crippen molar-refractivity contribution in [2.24, 2.45) is 5.73 Å². The number of nitrogens with two attached hydrogens (primary N) is 1. The van der Waals surface area contributed by atoms with E-state index in [4.69, 9.17) is 15.6 Å². The van der Waals surface area contributed by atoms with Gasteiger partial charge in [0.15, 0.2) is 23.5 Å². The fourth-order valence-electron chi connectivity index (χ4n) is 1.28. The third-order valence-electron chi connectivity index (χ3n) is 2.19. The summed E-state index contributed by atoms with van der Waals surface area (Å²) in [6.45, 7) is 1.55. The number of halogens is 2. The number of carbonyl (C=O) groups excluding carboxylic acids is 1. The van der Waals surface area contributed by atoms with Crippen LogP contribution in [-0.4, -0.2) is 23.1 Å². The summed E-state index contributed by atoms with van der Waals surface area (Å²) in [6, 6.07) is 1.21. The second-order valence-corrected chi connectivity index (χ2v) is 3.49. The van der Waals surface area contributed by atoms with E-state index in [0.717, 1.165) is 0 Å². The van der Waals surface area contributed by atoms with Crippen molar-refractivity contribution in [3.8, 4) is 5.75 Å². The molecule has 1 unspecified atom stereocenters. The highest BCUT2D eigenvalue weighted by molar-refractivity contribution is 5.87. The van der Waals surface area contributed by atoms with E-state index < -0.39 is 40.9 Å². The Balaban J connectivity index is 3.10. The summed E-state index contributed by atoms with van der Waals surface area (Å²) < 4.78 is 31.7. The van der Waals surface area contributed by atoms with Crippen molar-refractivity contribution < 1.29 is 28.2 Å². The molecular formula is C11H11F2NO4. The number of carboxylic acid groups (broad SMARTS) is 1. The van der Waals surface area contributed by atoms with Crippen molar-refractivity contribution in [2.45, 2.75) is 19.4 Å². The lowest BCUT2D eigenvalue weighted by atomic mass is 10.2. The predicted molar refractivity (Wildman–Crippen MR) is 57.2 cm³/mol. The number of rotatable bonds is 5. The summed E-state index contributed by atoms with van der Waals surface area (Å²) in [4.78, 5) is 21.4. The SMILES string of the molecule is CCC(Oc1c(F)cc(C(=O)O)cc1F)C(N)=O. The second-order valence-electron chi connectivity index (χ2n) is 3.49. The van der Waals surface area contributed by atoms with E-state index >= 15 is 0 Å². The van der Waals surface area contributed by atoms with Crippen molar-refractivity contribution in [1.82, 2.24) is 0 Å². The molecule has 1 rings (SSSR count). The highest BCUT2D eigenvalue weighted by Gasteiger charge is 2.21. The average molecular weight is 259 g/mol. The molecule has 0 fully saturated rings. The van der Waals surface area contributed by atoms with Crippen molar-refractivity contribution in [1.29, 1.82) is 0 Å². The molecule has 0 spiro atoms. The Hall–Kier alpha value is -2.18. The Bertz CT molecular complexity index is 467. The summed E-state index contributed by atoms with van der Waals surface area (Å²) >= 11 is 0. The number of ether oxygens (including phenoxy) is 1. The number of primary amides is 1. The molecule has 0 aliphatic rings. The van der Waals surface area contributed by atoms with E-state index in [1.54, 1.807) is 6.92 Å². The smallest absolute Gasteiger partial charge is 0.335 e. The van der Waals surface area contributed by atoms with Crippen LogP contribution < -0.4 is 10.5 Å². The van der Waals surface area contributed by atoms with Crippen molar-refractivity contribution in [2.75, 3.05) is 0 Å². The number of hydrogen-bond donors (Lipinski definition) is 2. The molecule has 0 saturated carbocycles. The van der Waals surface area contributed by atoms with Gasteiger partial charge in [-0.05, 0) is 18.6 Å². The minimum atomic E-state index is -1.47. The Labute approximate surface area is 101 Å². The van der Waals surface area contributed by atoms with Crippen molar-refractivity contribution >= 4 is 11.9 Å². The fraction of sp³-hybridized carbons (Fsp3) is 0.273. The maximum absolute atomic E-state index is 13.5. The number of hydrogen-bond acceptors (Lipinski definition) is 3. The molecule has 98 valence electrons. The summed E-state index contributed by atoms with van der Waals surface area (Å²) in [5.74, 6) is -5.55. The molecule has 0 aliphatic heterocycles. The molecule has 1 aromatic rings. The van der Waals surface area contributed by atoms with Gasteiger partial charge in [0, 0.05) is 0 Å². The number of carboxylic acids is 1. The molecule has 0 heterocycles. The van der Waals surface area contributed by atoms with Crippen molar-refractivity contribution in [3.63, 3.8) is 0 Å². The molecule has 0 radical (unpaired) electrons. The quantitative estimate of drug-likeness (QED) is 0.834. The van der Waals surface area contributed by atoms with Crippen LogP contribution in [0.15, 0.2) is 12.1 Å². The maximum atomic E-state index is 13.5. The van der Waals surface area contributed by atoms with Gasteiger partial charge in [0.05, 0.1) is 5.56 Å². The van der Waals surface area contributed by atoms with E-state index in [2.05, 4.69) is 0 Å². The molecule has 0 aromatic heterocycles. The van der Waals surface area contributed by atoms with Crippen LogP contribution in [0.25, 0.3) is 0 Å². The van der Waals surface area contributed by atoms with Crippen LogP contribution in [-0.2, 0) is 4.79 Å². The lowest BCUT2D eigenvalue weighted by molar-refractivity contribution is -0.124. The molecule has 18 heavy (non-hydrogen) atoms. The fourth-order valence-corrected chi connectivity index (χ4v) is 1.28. The van der Waals surface area contributed by atoms with Gasteiger partial charge in [0.2, 0.25) is 0 Å². The van der Waals surface area contributed by atoms with Gasteiger partial charge in [-0.25, -0.2) is 13.6 Å². The highest BCUT2D eigenvalue weighted by Crippen LogP contribution is 2.25. The van der Waals surface area contributed by atoms with E-state index in [1.165, 1.54) is 0 Å². The number of carbonyl (C=O) groups is 2. The molecule has 0 aliphatic carbocycles. The zero-order valence-corrected chi connectivity index (χ0v) is 9.44. The van der Waals surface area contributed by atoms with Gasteiger partial charge in [0.25, 0.3) is 5.91 Å². The molecular weight excluding hydrogens is 248 g/mol. The minimum absolute atomic E-state index is 0.134. The first-order chi connectivity index (χ1) is 8.36. The minimum Gasteiger partial charge on any atom is -0.478 e. The molecule has 5 nitrogen and oxygen atoms in total. The highest BCUT2D eigenvalue weighted by atomic mass is 19.1. The molecule has 1 amide bonds. The third-order valence-corrected chi connectivity index (χ3v) is 2.19. The predicted octanol–water partition coefficient (Wildman–Crippen LogP) is 1.31. The van der Waals surface area contributed by atoms with Gasteiger partial charge in [-0.1, -0.05) is 6.92 Å². The monoisotopic (exact) mass is 259 g/mol. The molecule has 0 bridgehead atoms. The van der Waals surface area contributed by atoms with Crippen molar-refractivity contribution in [3.05, 3.63) is 29.3 Å².